The minimum atomic E-state index is -4.54. The second-order valence-electron chi connectivity index (χ2n) is 6.57. The van der Waals surface area contributed by atoms with Crippen molar-refractivity contribution in [2.24, 2.45) is 0 Å². The van der Waals surface area contributed by atoms with Crippen LogP contribution < -0.4 is 10.1 Å². The van der Waals surface area contributed by atoms with Gasteiger partial charge in [-0.25, -0.2) is 4.68 Å². The first-order valence-electron chi connectivity index (χ1n) is 8.84. The first kappa shape index (κ1) is 21.7. The maximum absolute atomic E-state index is 12.7. The molecule has 162 valence electrons. The molecule has 2 aromatic carbocycles. The van der Waals surface area contributed by atoms with Crippen LogP contribution in [0.4, 0.5) is 24.5 Å². The third kappa shape index (κ3) is 5.15. The topological polar surface area (TPSA) is 112 Å². The van der Waals surface area contributed by atoms with E-state index >= 15 is 0 Å². The average molecular weight is 435 g/mol. The van der Waals surface area contributed by atoms with E-state index in [1.54, 1.807) is 19.1 Å². The Morgan fingerprint density at radius 1 is 1.23 bits per heavy atom. The Balaban J connectivity index is 1.86. The van der Waals surface area contributed by atoms with Crippen LogP contribution in [0.25, 0.3) is 5.69 Å². The monoisotopic (exact) mass is 435 g/mol. The standard InChI is InChI=1S/C19H16F3N5O4/c1-11-6-7-15(16(8-11)31-10-19(20,21)22)23-18(28)17-12(2)26(25-24-17)13-4-3-5-14(9-13)27(29)30/h3-9H,10H2,1-2H3,(H,23,28). The van der Waals surface area contributed by atoms with Crippen LogP contribution in [0.15, 0.2) is 42.5 Å². The SMILES string of the molecule is Cc1ccc(NC(=O)c2nnn(-c3cccc([N+](=O)[O-])c3)c2C)c(OCC(F)(F)F)c1. The second-order valence-corrected chi connectivity index (χ2v) is 6.57. The molecule has 3 rings (SSSR count). The molecule has 0 aliphatic heterocycles. The number of aromatic nitrogens is 3. The van der Waals surface area contributed by atoms with E-state index in [-0.39, 0.29) is 28.5 Å². The fourth-order valence-corrected chi connectivity index (χ4v) is 2.72. The van der Waals surface area contributed by atoms with Crippen molar-refractivity contribution in [2.45, 2.75) is 20.0 Å². The van der Waals surface area contributed by atoms with Crippen LogP contribution in [0.1, 0.15) is 21.7 Å². The van der Waals surface area contributed by atoms with Gasteiger partial charge in [0.15, 0.2) is 12.3 Å². The fourth-order valence-electron chi connectivity index (χ4n) is 2.72. The number of aryl methyl sites for hydroxylation is 1. The van der Waals surface area contributed by atoms with E-state index in [4.69, 9.17) is 4.74 Å². The van der Waals surface area contributed by atoms with Crippen molar-refractivity contribution in [1.82, 2.24) is 15.0 Å². The number of carbonyl (C=O) groups excluding carboxylic acids is 1. The van der Waals surface area contributed by atoms with Gasteiger partial charge in [-0.05, 0) is 37.6 Å². The van der Waals surface area contributed by atoms with Crippen molar-refractivity contribution >= 4 is 17.3 Å². The molecule has 0 aliphatic rings. The molecule has 0 radical (unpaired) electrons. The van der Waals surface area contributed by atoms with Crippen LogP contribution in [0.2, 0.25) is 0 Å². The van der Waals surface area contributed by atoms with Crippen molar-refractivity contribution in [3.8, 4) is 11.4 Å². The van der Waals surface area contributed by atoms with Gasteiger partial charge in [0, 0.05) is 12.1 Å². The zero-order chi connectivity index (χ0) is 22.8. The van der Waals surface area contributed by atoms with E-state index in [0.717, 1.165) is 0 Å². The Hall–Kier alpha value is -3.96. The number of benzene rings is 2. The molecule has 1 aromatic heterocycles. The van der Waals surface area contributed by atoms with E-state index in [9.17, 15) is 28.1 Å². The van der Waals surface area contributed by atoms with Crippen molar-refractivity contribution in [1.29, 1.82) is 0 Å². The summed E-state index contributed by atoms with van der Waals surface area (Å²) in [7, 11) is 0. The molecule has 31 heavy (non-hydrogen) atoms. The van der Waals surface area contributed by atoms with E-state index in [1.165, 1.54) is 41.9 Å². The quantitative estimate of drug-likeness (QED) is 0.463. The molecule has 0 unspecified atom stereocenters. The predicted molar refractivity (Wildman–Crippen MR) is 103 cm³/mol. The van der Waals surface area contributed by atoms with E-state index in [0.29, 0.717) is 11.3 Å². The number of hydrogen-bond donors (Lipinski definition) is 1. The fraction of sp³-hybridized carbons (Fsp3) is 0.211. The Morgan fingerprint density at radius 3 is 2.65 bits per heavy atom. The summed E-state index contributed by atoms with van der Waals surface area (Å²) in [6.45, 7) is 1.69. The lowest BCUT2D eigenvalue weighted by molar-refractivity contribution is -0.384. The molecular weight excluding hydrogens is 419 g/mol. The van der Waals surface area contributed by atoms with Crippen molar-refractivity contribution in [2.75, 3.05) is 11.9 Å². The summed E-state index contributed by atoms with van der Waals surface area (Å²) >= 11 is 0. The summed E-state index contributed by atoms with van der Waals surface area (Å²) in [5, 5.41) is 21.1. The van der Waals surface area contributed by atoms with Crippen LogP contribution in [0.5, 0.6) is 5.75 Å². The Kier molecular flexibility index (Phi) is 5.90. The minimum Gasteiger partial charge on any atom is -0.482 e. The number of halogens is 3. The zero-order valence-electron chi connectivity index (χ0n) is 16.3. The molecular formula is C19H16F3N5O4. The van der Waals surface area contributed by atoms with Gasteiger partial charge in [0.25, 0.3) is 11.6 Å². The van der Waals surface area contributed by atoms with Crippen LogP contribution in [0, 0.1) is 24.0 Å². The first-order chi connectivity index (χ1) is 14.5. The Morgan fingerprint density at radius 2 is 1.97 bits per heavy atom. The molecule has 0 bridgehead atoms. The predicted octanol–water partition coefficient (Wildman–Crippen LogP) is 3.99. The molecule has 1 amide bonds. The van der Waals surface area contributed by atoms with Gasteiger partial charge in [-0.15, -0.1) is 5.10 Å². The number of anilines is 1. The van der Waals surface area contributed by atoms with E-state index in [2.05, 4.69) is 15.6 Å². The molecule has 1 N–H and O–H groups in total. The average Bonchev–Trinajstić information content (AvgIpc) is 3.09. The number of non-ortho nitro benzene ring substituents is 1. The van der Waals surface area contributed by atoms with Gasteiger partial charge >= 0.3 is 6.18 Å². The highest BCUT2D eigenvalue weighted by Gasteiger charge is 2.29. The number of carbonyl (C=O) groups is 1. The summed E-state index contributed by atoms with van der Waals surface area (Å²) in [6.07, 6.45) is -4.54. The second kappa shape index (κ2) is 8.42. The number of alkyl halides is 3. The summed E-state index contributed by atoms with van der Waals surface area (Å²) < 4.78 is 43.6. The molecule has 1 heterocycles. The summed E-state index contributed by atoms with van der Waals surface area (Å²) in [6, 6.07) is 9.98. The lowest BCUT2D eigenvalue weighted by Crippen LogP contribution is -2.20. The number of rotatable bonds is 6. The van der Waals surface area contributed by atoms with Crippen molar-refractivity contribution in [3.05, 3.63) is 69.5 Å². The van der Waals surface area contributed by atoms with Gasteiger partial charge in [-0.2, -0.15) is 13.2 Å². The molecule has 0 aliphatic carbocycles. The molecule has 0 saturated carbocycles. The van der Waals surface area contributed by atoms with E-state index in [1.807, 2.05) is 0 Å². The third-order valence-corrected chi connectivity index (χ3v) is 4.17. The lowest BCUT2D eigenvalue weighted by atomic mass is 10.2. The molecule has 0 fully saturated rings. The number of nitrogens with one attached hydrogen (secondary N) is 1. The van der Waals surface area contributed by atoms with Gasteiger partial charge in [0.05, 0.1) is 22.0 Å². The number of nitro groups is 1. The summed E-state index contributed by atoms with van der Waals surface area (Å²) in [5.74, 6) is -0.871. The molecule has 12 heteroatoms. The zero-order valence-corrected chi connectivity index (χ0v) is 16.3. The lowest BCUT2D eigenvalue weighted by Gasteiger charge is -2.14. The van der Waals surface area contributed by atoms with Gasteiger partial charge in [-0.1, -0.05) is 17.3 Å². The smallest absolute Gasteiger partial charge is 0.422 e. The number of nitro benzene ring substituents is 1. The highest BCUT2D eigenvalue weighted by atomic mass is 19.4. The first-order valence-corrected chi connectivity index (χ1v) is 8.84. The van der Waals surface area contributed by atoms with Gasteiger partial charge in [0.1, 0.15) is 5.75 Å². The number of hydrogen-bond acceptors (Lipinski definition) is 6. The van der Waals surface area contributed by atoms with Gasteiger partial charge in [-0.3, -0.25) is 14.9 Å². The van der Waals surface area contributed by atoms with Gasteiger partial charge < -0.3 is 10.1 Å². The number of amides is 1. The maximum atomic E-state index is 12.7. The van der Waals surface area contributed by atoms with Crippen LogP contribution in [-0.2, 0) is 0 Å². The molecule has 0 saturated heterocycles. The third-order valence-electron chi connectivity index (χ3n) is 4.17. The van der Waals surface area contributed by atoms with Crippen LogP contribution in [0.3, 0.4) is 0 Å². The Bertz CT molecular complexity index is 1140. The van der Waals surface area contributed by atoms with Crippen molar-refractivity contribution in [3.63, 3.8) is 0 Å². The molecule has 0 spiro atoms. The molecule has 9 nitrogen and oxygen atoms in total. The highest BCUT2D eigenvalue weighted by molar-refractivity contribution is 6.04. The normalized spacial score (nSPS) is 11.3. The minimum absolute atomic E-state index is 0.0316. The molecule has 3 aromatic rings. The van der Waals surface area contributed by atoms with E-state index < -0.39 is 23.6 Å². The highest BCUT2D eigenvalue weighted by Crippen LogP contribution is 2.28. The van der Waals surface area contributed by atoms with Gasteiger partial charge in [0.2, 0.25) is 0 Å². The molecule has 0 atom stereocenters. The Labute approximate surface area is 173 Å². The number of ether oxygens (including phenoxy) is 1. The maximum Gasteiger partial charge on any atom is 0.422 e. The van der Waals surface area contributed by atoms with Crippen molar-refractivity contribution < 1.29 is 27.6 Å². The largest absolute Gasteiger partial charge is 0.482 e. The van der Waals surface area contributed by atoms with Crippen LogP contribution in [-0.4, -0.2) is 38.6 Å². The summed E-state index contributed by atoms with van der Waals surface area (Å²) in [5.41, 5.74) is 1.01. The number of nitrogens with zero attached hydrogens (tertiary/aromatic N) is 4. The van der Waals surface area contributed by atoms with Crippen LogP contribution >= 0.6 is 0 Å². The summed E-state index contributed by atoms with van der Waals surface area (Å²) in [4.78, 5) is 23.1.